The van der Waals surface area contributed by atoms with Crippen LogP contribution in [-0.2, 0) is 11.2 Å². The van der Waals surface area contributed by atoms with Crippen molar-refractivity contribution in [2.45, 2.75) is 6.42 Å². The molecule has 0 bridgehead atoms. The number of amides is 1. The van der Waals surface area contributed by atoms with Crippen molar-refractivity contribution in [1.82, 2.24) is 14.9 Å². The molecule has 3 aromatic rings. The third kappa shape index (κ3) is 3.53. The number of benzene rings is 1. The molecule has 2 aromatic heterocycles. The van der Waals surface area contributed by atoms with Gasteiger partial charge in [0.05, 0.1) is 6.42 Å². The number of carboxylic acids is 1. The lowest BCUT2D eigenvalue weighted by Gasteiger charge is -2.35. The van der Waals surface area contributed by atoms with Crippen molar-refractivity contribution in [1.29, 1.82) is 0 Å². The number of nitrogens with one attached hydrogen (secondary N) is 1. The maximum Gasteiger partial charge on any atom is 0.352 e. The van der Waals surface area contributed by atoms with Crippen LogP contribution in [0.1, 0.15) is 16.1 Å². The molecule has 1 saturated heterocycles. The Morgan fingerprint density at radius 1 is 1.14 bits per heavy atom. The van der Waals surface area contributed by atoms with E-state index in [0.717, 1.165) is 5.82 Å². The number of aromatic carboxylic acids is 1. The highest BCUT2D eigenvalue weighted by molar-refractivity contribution is 6.31. The van der Waals surface area contributed by atoms with Gasteiger partial charge >= 0.3 is 5.97 Å². The topological polar surface area (TPSA) is 89.5 Å². The number of carbonyl (C=O) groups excluding carboxylic acids is 1. The van der Waals surface area contributed by atoms with Gasteiger partial charge in [-0.3, -0.25) is 4.79 Å². The molecule has 1 aliphatic rings. The fourth-order valence-electron chi connectivity index (χ4n) is 3.57. The zero-order valence-corrected chi connectivity index (χ0v) is 15.8. The first-order valence-electron chi connectivity index (χ1n) is 9.00. The van der Waals surface area contributed by atoms with E-state index in [2.05, 4.69) is 14.9 Å². The van der Waals surface area contributed by atoms with Crippen molar-refractivity contribution in [3.8, 4) is 0 Å². The minimum absolute atomic E-state index is 0.0194. The first-order valence-corrected chi connectivity index (χ1v) is 9.38. The second-order valence-electron chi connectivity index (χ2n) is 6.71. The molecule has 1 fully saturated rings. The Bertz CT molecular complexity index is 1030. The molecular weight excluding hydrogens is 380 g/mol. The molecule has 0 spiro atoms. The molecule has 1 aromatic carbocycles. The Labute approximate surface area is 166 Å². The highest BCUT2D eigenvalue weighted by Crippen LogP contribution is 2.27. The average Bonchev–Trinajstić information content (AvgIpc) is 3.06. The summed E-state index contributed by atoms with van der Waals surface area (Å²) >= 11 is 6.07. The summed E-state index contributed by atoms with van der Waals surface area (Å²) in [5, 5.41) is 10.7. The number of fused-ring (bicyclic) bond motifs is 1. The van der Waals surface area contributed by atoms with Crippen LogP contribution in [0.25, 0.3) is 10.9 Å². The Morgan fingerprint density at radius 3 is 2.61 bits per heavy atom. The summed E-state index contributed by atoms with van der Waals surface area (Å²) in [5.41, 5.74) is 1.17. The van der Waals surface area contributed by atoms with Gasteiger partial charge in [-0.1, -0.05) is 17.7 Å². The molecule has 2 N–H and O–H groups in total. The van der Waals surface area contributed by atoms with Gasteiger partial charge in [-0.05, 0) is 30.3 Å². The van der Waals surface area contributed by atoms with Crippen molar-refractivity contribution in [3.05, 3.63) is 58.9 Å². The highest BCUT2D eigenvalue weighted by atomic mass is 35.5. The van der Waals surface area contributed by atoms with Gasteiger partial charge < -0.3 is 19.9 Å². The average molecular weight is 399 g/mol. The molecule has 1 amide bonds. The van der Waals surface area contributed by atoms with Gasteiger partial charge in [-0.25, -0.2) is 9.78 Å². The lowest BCUT2D eigenvalue weighted by atomic mass is 10.1. The van der Waals surface area contributed by atoms with E-state index in [1.54, 1.807) is 29.3 Å². The second kappa shape index (κ2) is 7.52. The molecule has 4 rings (SSSR count). The van der Waals surface area contributed by atoms with Gasteiger partial charge in [-0.15, -0.1) is 0 Å². The van der Waals surface area contributed by atoms with E-state index >= 15 is 0 Å². The monoisotopic (exact) mass is 398 g/mol. The number of carboxylic acid groups (broad SMARTS) is 1. The van der Waals surface area contributed by atoms with E-state index in [0.29, 0.717) is 47.7 Å². The SMILES string of the molecule is O=C(O)c1[nH]c2ccc(Cl)cc2c1CC(=O)N1CCN(c2ccccn2)CC1. The molecule has 1 aliphatic heterocycles. The maximum atomic E-state index is 12.9. The Balaban J connectivity index is 1.51. The molecule has 0 atom stereocenters. The van der Waals surface area contributed by atoms with Crippen molar-refractivity contribution in [2.24, 2.45) is 0 Å². The number of aromatic nitrogens is 2. The second-order valence-corrected chi connectivity index (χ2v) is 7.14. The molecule has 144 valence electrons. The number of anilines is 1. The molecule has 0 saturated carbocycles. The first-order chi connectivity index (χ1) is 13.5. The van der Waals surface area contributed by atoms with Gasteiger partial charge in [0.2, 0.25) is 5.91 Å². The van der Waals surface area contributed by atoms with Crippen LogP contribution in [0.3, 0.4) is 0 Å². The quantitative estimate of drug-likeness (QED) is 0.705. The molecular formula is C20H19ClN4O3. The third-order valence-corrected chi connectivity index (χ3v) is 5.25. The Hall–Kier alpha value is -3.06. The van der Waals surface area contributed by atoms with E-state index in [-0.39, 0.29) is 18.0 Å². The zero-order chi connectivity index (χ0) is 19.7. The highest BCUT2D eigenvalue weighted by Gasteiger charge is 2.25. The summed E-state index contributed by atoms with van der Waals surface area (Å²) in [7, 11) is 0. The van der Waals surface area contributed by atoms with Crippen LogP contribution in [0.4, 0.5) is 5.82 Å². The number of carbonyl (C=O) groups is 2. The first kappa shape index (κ1) is 18.3. The van der Waals surface area contributed by atoms with Crippen molar-refractivity contribution in [3.63, 3.8) is 0 Å². The van der Waals surface area contributed by atoms with Crippen LogP contribution in [-0.4, -0.2) is 58.0 Å². The molecule has 7 nitrogen and oxygen atoms in total. The fourth-order valence-corrected chi connectivity index (χ4v) is 3.75. The summed E-state index contributed by atoms with van der Waals surface area (Å²) in [4.78, 5) is 35.6. The number of pyridine rings is 1. The predicted molar refractivity (Wildman–Crippen MR) is 107 cm³/mol. The van der Waals surface area contributed by atoms with Crippen molar-refractivity contribution in [2.75, 3.05) is 31.1 Å². The number of hydrogen-bond acceptors (Lipinski definition) is 4. The summed E-state index contributed by atoms with van der Waals surface area (Å²) < 4.78 is 0. The molecule has 0 unspecified atom stereocenters. The molecule has 0 aliphatic carbocycles. The number of rotatable bonds is 4. The molecule has 28 heavy (non-hydrogen) atoms. The number of piperazine rings is 1. The van der Waals surface area contributed by atoms with E-state index in [1.165, 1.54) is 0 Å². The van der Waals surface area contributed by atoms with E-state index in [4.69, 9.17) is 11.6 Å². The standard InChI is InChI=1S/C20H19ClN4O3/c21-13-4-5-16-14(11-13)15(19(23-16)20(27)28)12-18(26)25-9-7-24(8-10-25)17-3-1-2-6-22-17/h1-6,11,23H,7-10,12H2,(H,27,28). The zero-order valence-electron chi connectivity index (χ0n) is 15.1. The van der Waals surface area contributed by atoms with Gasteiger partial charge in [-0.2, -0.15) is 0 Å². The van der Waals surface area contributed by atoms with E-state index in [1.807, 2.05) is 18.2 Å². The van der Waals surface area contributed by atoms with E-state index in [9.17, 15) is 14.7 Å². The number of halogens is 1. The van der Waals surface area contributed by atoms with Gasteiger partial charge in [0.1, 0.15) is 11.5 Å². The van der Waals surface area contributed by atoms with Crippen molar-refractivity contribution >= 4 is 40.2 Å². The number of hydrogen-bond donors (Lipinski definition) is 2. The van der Waals surface area contributed by atoms with Gasteiger partial charge in [0.15, 0.2) is 0 Å². The van der Waals surface area contributed by atoms with E-state index < -0.39 is 5.97 Å². The lowest BCUT2D eigenvalue weighted by Crippen LogP contribution is -2.49. The Kier molecular flexibility index (Phi) is 4.92. The summed E-state index contributed by atoms with van der Waals surface area (Å²) in [5.74, 6) is -0.284. The summed E-state index contributed by atoms with van der Waals surface area (Å²) in [6, 6.07) is 10.9. The smallest absolute Gasteiger partial charge is 0.352 e. The van der Waals surface area contributed by atoms with Crippen LogP contribution >= 0.6 is 11.6 Å². The number of aromatic amines is 1. The minimum atomic E-state index is -1.09. The van der Waals surface area contributed by atoms with Crippen LogP contribution in [0.5, 0.6) is 0 Å². The Morgan fingerprint density at radius 2 is 1.93 bits per heavy atom. The van der Waals surface area contributed by atoms with Gasteiger partial charge in [0, 0.05) is 53.9 Å². The summed E-state index contributed by atoms with van der Waals surface area (Å²) in [6.45, 7) is 2.52. The van der Waals surface area contributed by atoms with Crippen molar-refractivity contribution < 1.29 is 14.7 Å². The maximum absolute atomic E-state index is 12.9. The molecule has 0 radical (unpaired) electrons. The van der Waals surface area contributed by atoms with Crippen LogP contribution in [0.15, 0.2) is 42.6 Å². The van der Waals surface area contributed by atoms with Gasteiger partial charge in [0.25, 0.3) is 0 Å². The largest absolute Gasteiger partial charge is 0.477 e. The molecule has 3 heterocycles. The summed E-state index contributed by atoms with van der Waals surface area (Å²) in [6.07, 6.45) is 1.77. The third-order valence-electron chi connectivity index (χ3n) is 5.02. The molecule has 8 heteroatoms. The number of H-pyrrole nitrogens is 1. The minimum Gasteiger partial charge on any atom is -0.477 e. The fraction of sp³-hybridized carbons (Fsp3) is 0.250. The van der Waals surface area contributed by atoms with Crippen LogP contribution in [0.2, 0.25) is 5.02 Å². The van der Waals surface area contributed by atoms with Crippen LogP contribution in [0, 0.1) is 0 Å². The lowest BCUT2D eigenvalue weighted by molar-refractivity contribution is -0.130. The predicted octanol–water partition coefficient (Wildman–Crippen LogP) is 2.81. The number of nitrogens with zero attached hydrogens (tertiary/aromatic N) is 3. The van der Waals surface area contributed by atoms with Crippen LogP contribution < -0.4 is 4.90 Å². The normalized spacial score (nSPS) is 14.5.